The molecular formula is C18H18FO. The van der Waals surface area contributed by atoms with Crippen molar-refractivity contribution < 1.29 is 9.18 Å². The molecule has 0 amide bonds. The monoisotopic (exact) mass is 269 g/mol. The SMILES string of the molecule is O=C([CH]CCCCc1ccccc1)c1ccc(F)cc1. The molecule has 0 saturated carbocycles. The summed E-state index contributed by atoms with van der Waals surface area (Å²) in [6, 6.07) is 16.0. The van der Waals surface area contributed by atoms with Gasteiger partial charge in [-0.2, -0.15) is 0 Å². The Bertz CT molecular complexity index is 531. The lowest BCUT2D eigenvalue weighted by molar-refractivity contribution is 0.102. The number of hydrogen-bond donors (Lipinski definition) is 0. The number of carbonyl (C=O) groups is 1. The maximum absolute atomic E-state index is 12.7. The van der Waals surface area contributed by atoms with E-state index in [0.29, 0.717) is 5.56 Å². The Hall–Kier alpha value is -1.96. The summed E-state index contributed by atoms with van der Waals surface area (Å²) in [5, 5.41) is 0. The minimum atomic E-state index is -0.315. The van der Waals surface area contributed by atoms with Gasteiger partial charge in [-0.05, 0) is 49.1 Å². The summed E-state index contributed by atoms with van der Waals surface area (Å²) in [6.07, 6.45) is 5.56. The third kappa shape index (κ3) is 4.61. The normalized spacial score (nSPS) is 10.4. The third-order valence-electron chi connectivity index (χ3n) is 3.22. The van der Waals surface area contributed by atoms with Crippen molar-refractivity contribution in [1.29, 1.82) is 0 Å². The molecule has 2 rings (SSSR count). The number of rotatable bonds is 7. The van der Waals surface area contributed by atoms with Gasteiger partial charge in [0.2, 0.25) is 0 Å². The summed E-state index contributed by atoms with van der Waals surface area (Å²) in [7, 11) is 0. The van der Waals surface area contributed by atoms with E-state index >= 15 is 0 Å². The van der Waals surface area contributed by atoms with Gasteiger partial charge < -0.3 is 0 Å². The van der Waals surface area contributed by atoms with Gasteiger partial charge in [0.25, 0.3) is 0 Å². The molecule has 1 radical (unpaired) electrons. The van der Waals surface area contributed by atoms with Crippen LogP contribution in [0.1, 0.15) is 35.2 Å². The number of ketones is 1. The highest BCUT2D eigenvalue weighted by atomic mass is 19.1. The predicted molar refractivity (Wildman–Crippen MR) is 79.0 cm³/mol. The summed E-state index contributed by atoms with van der Waals surface area (Å²) in [6.45, 7) is 0. The number of Topliss-reactive ketones (excluding diaryl/α,β-unsaturated/α-hetero) is 1. The molecule has 0 atom stereocenters. The second-order valence-electron chi connectivity index (χ2n) is 4.81. The van der Waals surface area contributed by atoms with Gasteiger partial charge >= 0.3 is 0 Å². The number of halogens is 1. The number of benzene rings is 2. The average Bonchev–Trinajstić information content (AvgIpc) is 2.48. The Kier molecular flexibility index (Phi) is 5.48. The van der Waals surface area contributed by atoms with Gasteiger partial charge in [-0.25, -0.2) is 4.39 Å². The zero-order valence-corrected chi connectivity index (χ0v) is 11.4. The number of hydrogen-bond acceptors (Lipinski definition) is 1. The molecule has 0 saturated heterocycles. The molecular weight excluding hydrogens is 251 g/mol. The molecule has 0 aliphatic heterocycles. The summed E-state index contributed by atoms with van der Waals surface area (Å²) in [5.41, 5.74) is 1.88. The fourth-order valence-corrected chi connectivity index (χ4v) is 2.08. The van der Waals surface area contributed by atoms with Crippen molar-refractivity contribution >= 4 is 5.78 Å². The van der Waals surface area contributed by atoms with E-state index in [-0.39, 0.29) is 11.6 Å². The van der Waals surface area contributed by atoms with E-state index < -0.39 is 0 Å². The Morgan fingerprint density at radius 3 is 2.35 bits per heavy atom. The summed E-state index contributed by atoms with van der Waals surface area (Å²) >= 11 is 0. The topological polar surface area (TPSA) is 17.1 Å². The molecule has 103 valence electrons. The van der Waals surface area contributed by atoms with Crippen LogP contribution >= 0.6 is 0 Å². The smallest absolute Gasteiger partial charge is 0.166 e. The Morgan fingerprint density at radius 1 is 0.950 bits per heavy atom. The van der Waals surface area contributed by atoms with Crippen LogP contribution in [0.5, 0.6) is 0 Å². The molecule has 2 aromatic carbocycles. The molecule has 0 spiro atoms. The van der Waals surface area contributed by atoms with Crippen LogP contribution in [-0.4, -0.2) is 5.78 Å². The zero-order chi connectivity index (χ0) is 14.2. The van der Waals surface area contributed by atoms with Gasteiger partial charge in [0, 0.05) is 12.0 Å². The molecule has 0 aromatic heterocycles. The van der Waals surface area contributed by atoms with Crippen LogP contribution in [0.15, 0.2) is 54.6 Å². The van der Waals surface area contributed by atoms with Gasteiger partial charge in [-0.1, -0.05) is 36.8 Å². The van der Waals surface area contributed by atoms with Gasteiger partial charge in [0.15, 0.2) is 5.78 Å². The van der Waals surface area contributed by atoms with Crippen LogP contribution < -0.4 is 0 Å². The molecule has 0 heterocycles. The maximum Gasteiger partial charge on any atom is 0.166 e. The fraction of sp³-hybridized carbons (Fsp3) is 0.222. The molecule has 0 N–H and O–H groups in total. The Morgan fingerprint density at radius 2 is 1.65 bits per heavy atom. The van der Waals surface area contributed by atoms with Gasteiger partial charge in [0.1, 0.15) is 5.82 Å². The van der Waals surface area contributed by atoms with Crippen LogP contribution in [0, 0.1) is 12.2 Å². The minimum Gasteiger partial charge on any atom is -0.294 e. The lowest BCUT2D eigenvalue weighted by Gasteiger charge is -2.02. The second-order valence-corrected chi connectivity index (χ2v) is 4.81. The van der Waals surface area contributed by atoms with Crippen molar-refractivity contribution in [3.05, 3.63) is 78.0 Å². The highest BCUT2D eigenvalue weighted by molar-refractivity contribution is 6.02. The van der Waals surface area contributed by atoms with Crippen molar-refractivity contribution in [1.82, 2.24) is 0 Å². The summed E-state index contributed by atoms with van der Waals surface area (Å²) in [5.74, 6) is -0.339. The highest BCUT2D eigenvalue weighted by Gasteiger charge is 2.05. The average molecular weight is 269 g/mol. The predicted octanol–water partition coefficient (Wildman–Crippen LogP) is 4.63. The van der Waals surface area contributed by atoms with E-state index in [2.05, 4.69) is 12.1 Å². The molecule has 0 aliphatic rings. The van der Waals surface area contributed by atoms with E-state index in [9.17, 15) is 9.18 Å². The molecule has 0 fully saturated rings. The lowest BCUT2D eigenvalue weighted by atomic mass is 10.0. The largest absolute Gasteiger partial charge is 0.294 e. The first-order valence-electron chi connectivity index (χ1n) is 6.93. The standard InChI is InChI=1S/C18H18FO/c19-17-13-11-16(12-14-17)18(20)10-6-2-5-9-15-7-3-1-4-8-15/h1,3-4,7-8,10-14H,2,5-6,9H2. The molecule has 2 aromatic rings. The first-order valence-corrected chi connectivity index (χ1v) is 6.93. The first kappa shape index (κ1) is 14.4. The van der Waals surface area contributed by atoms with E-state index in [1.165, 1.54) is 29.8 Å². The second kappa shape index (κ2) is 7.59. The van der Waals surface area contributed by atoms with E-state index in [4.69, 9.17) is 0 Å². The maximum atomic E-state index is 12.7. The van der Waals surface area contributed by atoms with Gasteiger partial charge in [-0.3, -0.25) is 4.79 Å². The molecule has 2 heteroatoms. The van der Waals surface area contributed by atoms with Crippen molar-refractivity contribution in [3.8, 4) is 0 Å². The van der Waals surface area contributed by atoms with Crippen LogP contribution in [0.4, 0.5) is 4.39 Å². The van der Waals surface area contributed by atoms with Gasteiger partial charge in [-0.15, -0.1) is 0 Å². The first-order chi connectivity index (χ1) is 9.75. The Labute approximate surface area is 119 Å². The van der Waals surface area contributed by atoms with Crippen LogP contribution in [-0.2, 0) is 6.42 Å². The van der Waals surface area contributed by atoms with Gasteiger partial charge in [0.05, 0.1) is 0 Å². The lowest BCUT2D eigenvalue weighted by Crippen LogP contribution is -2.00. The van der Waals surface area contributed by atoms with Crippen LogP contribution in [0.3, 0.4) is 0 Å². The van der Waals surface area contributed by atoms with Crippen molar-refractivity contribution in [2.24, 2.45) is 0 Å². The van der Waals surface area contributed by atoms with Crippen molar-refractivity contribution in [2.75, 3.05) is 0 Å². The fourth-order valence-electron chi connectivity index (χ4n) is 2.08. The summed E-state index contributed by atoms with van der Waals surface area (Å²) in [4.78, 5) is 11.8. The van der Waals surface area contributed by atoms with Crippen LogP contribution in [0.2, 0.25) is 0 Å². The van der Waals surface area contributed by atoms with E-state index in [0.717, 1.165) is 25.7 Å². The van der Waals surface area contributed by atoms with Crippen molar-refractivity contribution in [3.63, 3.8) is 0 Å². The summed E-state index contributed by atoms with van der Waals surface area (Å²) < 4.78 is 12.7. The molecule has 20 heavy (non-hydrogen) atoms. The highest BCUT2D eigenvalue weighted by Crippen LogP contribution is 2.11. The quantitative estimate of drug-likeness (QED) is 0.529. The molecule has 0 aliphatic carbocycles. The Balaban J connectivity index is 1.66. The zero-order valence-electron chi connectivity index (χ0n) is 11.4. The molecule has 1 nitrogen and oxygen atoms in total. The third-order valence-corrected chi connectivity index (χ3v) is 3.22. The number of aryl methyl sites for hydroxylation is 1. The van der Waals surface area contributed by atoms with E-state index in [1.807, 2.05) is 18.2 Å². The number of carbonyl (C=O) groups excluding carboxylic acids is 1. The van der Waals surface area contributed by atoms with E-state index in [1.54, 1.807) is 6.42 Å². The van der Waals surface area contributed by atoms with Crippen LogP contribution in [0.25, 0.3) is 0 Å². The van der Waals surface area contributed by atoms with Crippen molar-refractivity contribution in [2.45, 2.75) is 25.7 Å². The number of unbranched alkanes of at least 4 members (excludes halogenated alkanes) is 2. The molecule has 0 bridgehead atoms. The minimum absolute atomic E-state index is 0.0234. The molecule has 0 unspecified atom stereocenters.